The van der Waals surface area contributed by atoms with Gasteiger partial charge < -0.3 is 10.6 Å². The summed E-state index contributed by atoms with van der Waals surface area (Å²) in [6.45, 7) is 6.19. The SMILES string of the molecule is CC1(C)CCCN(CCN)C1=O. The van der Waals surface area contributed by atoms with Gasteiger partial charge in [-0.05, 0) is 12.8 Å². The lowest BCUT2D eigenvalue weighted by Crippen LogP contribution is -2.47. The monoisotopic (exact) mass is 170 g/mol. The summed E-state index contributed by atoms with van der Waals surface area (Å²) in [5, 5.41) is 0. The minimum absolute atomic E-state index is 0.159. The first kappa shape index (κ1) is 9.52. The highest BCUT2D eigenvalue weighted by atomic mass is 16.2. The van der Waals surface area contributed by atoms with Crippen LogP contribution in [0.4, 0.5) is 0 Å². The fourth-order valence-electron chi connectivity index (χ4n) is 1.72. The molecule has 2 N–H and O–H groups in total. The van der Waals surface area contributed by atoms with Crippen molar-refractivity contribution in [2.75, 3.05) is 19.6 Å². The zero-order valence-corrected chi connectivity index (χ0v) is 7.97. The number of nitrogens with zero attached hydrogens (tertiary/aromatic N) is 1. The van der Waals surface area contributed by atoms with E-state index < -0.39 is 0 Å². The van der Waals surface area contributed by atoms with Crippen LogP contribution in [0, 0.1) is 5.41 Å². The molecule has 1 heterocycles. The zero-order chi connectivity index (χ0) is 9.19. The molecule has 0 radical (unpaired) electrons. The van der Waals surface area contributed by atoms with Crippen molar-refractivity contribution in [2.45, 2.75) is 26.7 Å². The molecule has 3 heteroatoms. The molecular formula is C9H18N2O. The van der Waals surface area contributed by atoms with E-state index in [1.165, 1.54) is 0 Å². The van der Waals surface area contributed by atoms with Gasteiger partial charge in [-0.1, -0.05) is 13.8 Å². The summed E-state index contributed by atoms with van der Waals surface area (Å²) < 4.78 is 0. The summed E-state index contributed by atoms with van der Waals surface area (Å²) in [4.78, 5) is 13.6. The Morgan fingerprint density at radius 1 is 1.58 bits per heavy atom. The lowest BCUT2D eigenvalue weighted by Gasteiger charge is -2.36. The van der Waals surface area contributed by atoms with Crippen molar-refractivity contribution in [1.29, 1.82) is 0 Å². The number of likely N-dealkylation sites (tertiary alicyclic amines) is 1. The molecule has 1 amide bonds. The maximum absolute atomic E-state index is 11.7. The molecule has 0 aromatic carbocycles. The van der Waals surface area contributed by atoms with Gasteiger partial charge in [0.25, 0.3) is 0 Å². The minimum atomic E-state index is -0.159. The summed E-state index contributed by atoms with van der Waals surface area (Å²) >= 11 is 0. The maximum atomic E-state index is 11.7. The Morgan fingerprint density at radius 2 is 2.25 bits per heavy atom. The highest BCUT2D eigenvalue weighted by Crippen LogP contribution is 2.29. The van der Waals surface area contributed by atoms with Gasteiger partial charge >= 0.3 is 0 Å². The summed E-state index contributed by atoms with van der Waals surface area (Å²) in [7, 11) is 0. The summed E-state index contributed by atoms with van der Waals surface area (Å²) in [5.74, 6) is 0.263. The average molecular weight is 170 g/mol. The first-order chi connectivity index (χ1) is 5.58. The lowest BCUT2D eigenvalue weighted by atomic mass is 9.83. The van der Waals surface area contributed by atoms with Crippen LogP contribution in [0.5, 0.6) is 0 Å². The van der Waals surface area contributed by atoms with Gasteiger partial charge in [0, 0.05) is 25.0 Å². The van der Waals surface area contributed by atoms with Gasteiger partial charge in [0.05, 0.1) is 0 Å². The Labute approximate surface area is 73.9 Å². The average Bonchev–Trinajstić information content (AvgIpc) is 1.99. The molecular weight excluding hydrogens is 152 g/mol. The first-order valence-electron chi connectivity index (χ1n) is 4.57. The second-order valence-corrected chi connectivity index (χ2v) is 4.07. The van der Waals surface area contributed by atoms with Crippen molar-refractivity contribution in [3.8, 4) is 0 Å². The van der Waals surface area contributed by atoms with Gasteiger partial charge in [-0.15, -0.1) is 0 Å². The molecule has 12 heavy (non-hydrogen) atoms. The Kier molecular flexibility index (Phi) is 2.73. The van der Waals surface area contributed by atoms with Crippen LogP contribution in [-0.4, -0.2) is 30.4 Å². The van der Waals surface area contributed by atoms with E-state index in [9.17, 15) is 4.79 Å². The molecule has 70 valence electrons. The predicted molar refractivity (Wildman–Crippen MR) is 48.6 cm³/mol. The summed E-state index contributed by atoms with van der Waals surface area (Å²) in [5.41, 5.74) is 5.26. The van der Waals surface area contributed by atoms with Crippen LogP contribution in [0.3, 0.4) is 0 Å². The molecule has 0 aromatic heterocycles. The molecule has 0 saturated carbocycles. The number of piperidine rings is 1. The third kappa shape index (κ3) is 1.78. The van der Waals surface area contributed by atoms with E-state index in [1.807, 2.05) is 18.7 Å². The van der Waals surface area contributed by atoms with Crippen LogP contribution >= 0.6 is 0 Å². The molecule has 0 unspecified atom stereocenters. The standard InChI is InChI=1S/C9H18N2O/c1-9(2)4-3-6-11(7-5-10)8(9)12/h3-7,10H2,1-2H3. The third-order valence-corrected chi connectivity index (χ3v) is 2.49. The van der Waals surface area contributed by atoms with Gasteiger partial charge in [0.15, 0.2) is 0 Å². The Hall–Kier alpha value is -0.570. The van der Waals surface area contributed by atoms with E-state index in [0.29, 0.717) is 13.1 Å². The molecule has 1 aliphatic heterocycles. The van der Waals surface area contributed by atoms with Crippen LogP contribution in [0.1, 0.15) is 26.7 Å². The number of hydrogen-bond acceptors (Lipinski definition) is 2. The third-order valence-electron chi connectivity index (χ3n) is 2.49. The van der Waals surface area contributed by atoms with Crippen molar-refractivity contribution in [3.05, 3.63) is 0 Å². The van der Waals surface area contributed by atoms with E-state index in [4.69, 9.17) is 5.73 Å². The summed E-state index contributed by atoms with van der Waals surface area (Å²) in [6, 6.07) is 0. The molecule has 3 nitrogen and oxygen atoms in total. The van der Waals surface area contributed by atoms with E-state index in [-0.39, 0.29) is 11.3 Å². The second-order valence-electron chi connectivity index (χ2n) is 4.07. The smallest absolute Gasteiger partial charge is 0.228 e. The van der Waals surface area contributed by atoms with E-state index >= 15 is 0 Å². The normalized spacial score (nSPS) is 22.9. The fraction of sp³-hybridized carbons (Fsp3) is 0.889. The molecule has 1 fully saturated rings. The number of amides is 1. The highest BCUT2D eigenvalue weighted by molar-refractivity contribution is 5.82. The highest BCUT2D eigenvalue weighted by Gasteiger charge is 2.34. The van der Waals surface area contributed by atoms with Crippen molar-refractivity contribution in [2.24, 2.45) is 11.1 Å². The van der Waals surface area contributed by atoms with E-state index in [0.717, 1.165) is 19.4 Å². The minimum Gasteiger partial charge on any atom is -0.341 e. The number of rotatable bonds is 2. The molecule has 0 atom stereocenters. The van der Waals surface area contributed by atoms with E-state index in [2.05, 4.69) is 0 Å². The molecule has 1 aliphatic rings. The largest absolute Gasteiger partial charge is 0.341 e. The molecule has 0 aromatic rings. The Morgan fingerprint density at radius 3 is 2.83 bits per heavy atom. The van der Waals surface area contributed by atoms with Crippen LogP contribution in [-0.2, 0) is 4.79 Å². The van der Waals surface area contributed by atoms with Crippen LogP contribution in [0.25, 0.3) is 0 Å². The van der Waals surface area contributed by atoms with Gasteiger partial charge in [-0.2, -0.15) is 0 Å². The zero-order valence-electron chi connectivity index (χ0n) is 7.97. The van der Waals surface area contributed by atoms with Crippen molar-refractivity contribution in [3.63, 3.8) is 0 Å². The topological polar surface area (TPSA) is 46.3 Å². The number of carbonyl (C=O) groups is 1. The number of hydrogen-bond donors (Lipinski definition) is 1. The van der Waals surface area contributed by atoms with Gasteiger partial charge in [-0.25, -0.2) is 0 Å². The van der Waals surface area contributed by atoms with Crippen molar-refractivity contribution in [1.82, 2.24) is 4.90 Å². The van der Waals surface area contributed by atoms with Crippen LogP contribution < -0.4 is 5.73 Å². The fourth-order valence-corrected chi connectivity index (χ4v) is 1.72. The molecule has 1 saturated heterocycles. The lowest BCUT2D eigenvalue weighted by molar-refractivity contribution is -0.143. The van der Waals surface area contributed by atoms with Crippen LogP contribution in [0.2, 0.25) is 0 Å². The quantitative estimate of drug-likeness (QED) is 0.659. The second kappa shape index (κ2) is 3.44. The molecule has 0 bridgehead atoms. The van der Waals surface area contributed by atoms with Gasteiger partial charge in [-0.3, -0.25) is 4.79 Å². The first-order valence-corrected chi connectivity index (χ1v) is 4.57. The maximum Gasteiger partial charge on any atom is 0.228 e. The Bertz CT molecular complexity index is 175. The van der Waals surface area contributed by atoms with Crippen LogP contribution in [0.15, 0.2) is 0 Å². The van der Waals surface area contributed by atoms with E-state index in [1.54, 1.807) is 0 Å². The van der Waals surface area contributed by atoms with Crippen molar-refractivity contribution < 1.29 is 4.79 Å². The molecule has 0 aliphatic carbocycles. The van der Waals surface area contributed by atoms with Gasteiger partial charge in [0.2, 0.25) is 5.91 Å². The number of nitrogens with two attached hydrogens (primary N) is 1. The molecule has 1 rings (SSSR count). The van der Waals surface area contributed by atoms with Gasteiger partial charge in [0.1, 0.15) is 0 Å². The summed E-state index contributed by atoms with van der Waals surface area (Å²) in [6.07, 6.45) is 2.12. The molecule has 0 spiro atoms. The Balaban J connectivity index is 2.60. The number of carbonyl (C=O) groups excluding carboxylic acids is 1. The van der Waals surface area contributed by atoms with Crippen molar-refractivity contribution >= 4 is 5.91 Å². The predicted octanol–water partition coefficient (Wildman–Crippen LogP) is 0.594.